The lowest BCUT2D eigenvalue weighted by atomic mass is 9.59. The molecule has 0 aliphatic carbocycles. The van der Waals surface area contributed by atoms with Gasteiger partial charge in [0.05, 0.1) is 24.4 Å². The molecule has 0 aromatic rings. The first-order valence-electron chi connectivity index (χ1n) is 12.3. The molecule has 1 saturated heterocycles. The second kappa shape index (κ2) is 13.5. The Morgan fingerprint density at radius 2 is 1.77 bits per heavy atom. The molecule has 1 fully saturated rings. The summed E-state index contributed by atoms with van der Waals surface area (Å²) in [6, 6.07) is 0. The normalized spacial score (nSPS) is 28.5. The van der Waals surface area contributed by atoms with E-state index < -0.39 is 8.60 Å². The van der Waals surface area contributed by atoms with Gasteiger partial charge in [0.25, 0.3) is 0 Å². The summed E-state index contributed by atoms with van der Waals surface area (Å²) in [5.74, 6) is 2.11. The van der Waals surface area contributed by atoms with Gasteiger partial charge in [-0.2, -0.15) is 0 Å². The number of ether oxygens (including phenoxy) is 1. The highest BCUT2D eigenvalue weighted by atomic mass is 31.2. The van der Waals surface area contributed by atoms with Gasteiger partial charge in [-0.15, -0.1) is 0 Å². The second-order valence-electron chi connectivity index (χ2n) is 10.0. The van der Waals surface area contributed by atoms with Crippen molar-refractivity contribution in [3.8, 4) is 0 Å². The molecule has 6 heteroatoms. The van der Waals surface area contributed by atoms with Crippen molar-refractivity contribution in [2.24, 2.45) is 29.1 Å². The van der Waals surface area contributed by atoms with E-state index in [9.17, 15) is 0 Å². The summed E-state index contributed by atoms with van der Waals surface area (Å²) >= 11 is 0. The maximum Gasteiger partial charge on any atom is 0.333 e. The molecular weight excluding hydrogens is 409 g/mol. The molecule has 0 N–H and O–H groups in total. The highest BCUT2D eigenvalue weighted by Gasteiger charge is 2.46. The summed E-state index contributed by atoms with van der Waals surface area (Å²) in [4.78, 5) is 3.42. The largest absolute Gasteiger partial charge is 0.372 e. The monoisotopic (exact) mass is 457 g/mol. The van der Waals surface area contributed by atoms with Crippen LogP contribution in [0.15, 0.2) is 0 Å². The summed E-state index contributed by atoms with van der Waals surface area (Å²) in [5.41, 5.74) is -0.0275. The van der Waals surface area contributed by atoms with Gasteiger partial charge in [0.1, 0.15) is 6.61 Å². The zero-order valence-electron chi connectivity index (χ0n) is 21.7. The van der Waals surface area contributed by atoms with E-state index in [-0.39, 0.29) is 29.8 Å². The van der Waals surface area contributed by atoms with E-state index in [0.29, 0.717) is 36.8 Å². The maximum absolute atomic E-state index is 7.08. The number of hydrogen-bond acceptors (Lipinski definition) is 4. The molecule has 0 aromatic carbocycles. The van der Waals surface area contributed by atoms with Crippen molar-refractivity contribution in [3.05, 3.63) is 11.4 Å². The second-order valence-corrected chi connectivity index (χ2v) is 11.2. The Morgan fingerprint density at radius 1 is 1.13 bits per heavy atom. The number of nitrogens with zero attached hydrogens (tertiary/aromatic N) is 1. The third-order valence-corrected chi connectivity index (χ3v) is 9.31. The van der Waals surface area contributed by atoms with Crippen molar-refractivity contribution in [2.75, 3.05) is 13.2 Å². The Hall–Kier alpha value is -0.240. The highest BCUT2D eigenvalue weighted by Crippen LogP contribution is 2.53. The topological polar surface area (TPSA) is 41.3 Å². The third kappa shape index (κ3) is 7.65. The predicted molar refractivity (Wildman–Crippen MR) is 130 cm³/mol. The van der Waals surface area contributed by atoms with Gasteiger partial charge >= 0.3 is 8.60 Å². The van der Waals surface area contributed by atoms with Gasteiger partial charge in [0.2, 0.25) is 6.54 Å². The van der Waals surface area contributed by atoms with Crippen LogP contribution >= 0.6 is 8.60 Å². The molecule has 1 heterocycles. The van der Waals surface area contributed by atoms with Crippen LogP contribution in [0, 0.1) is 35.7 Å². The fourth-order valence-electron chi connectivity index (χ4n) is 4.83. The van der Waals surface area contributed by atoms with Gasteiger partial charge in [0, 0.05) is 6.42 Å². The van der Waals surface area contributed by atoms with Gasteiger partial charge in [0.15, 0.2) is 0 Å². The third-order valence-electron chi connectivity index (χ3n) is 7.99. The molecule has 0 bridgehead atoms. The van der Waals surface area contributed by atoms with Crippen molar-refractivity contribution in [3.63, 3.8) is 0 Å². The molecular formula is C25H48NO4P. The molecule has 1 aliphatic rings. The number of rotatable bonds is 14. The van der Waals surface area contributed by atoms with Crippen LogP contribution in [-0.2, 0) is 18.3 Å². The fourth-order valence-corrected chi connectivity index (χ4v) is 6.16. The van der Waals surface area contributed by atoms with Crippen LogP contribution in [0.4, 0.5) is 0 Å². The van der Waals surface area contributed by atoms with E-state index >= 15 is 0 Å². The molecule has 5 nitrogen and oxygen atoms in total. The Labute approximate surface area is 193 Å². The lowest BCUT2D eigenvalue weighted by molar-refractivity contribution is -0.0623. The lowest BCUT2D eigenvalue weighted by Gasteiger charge is -2.49. The summed E-state index contributed by atoms with van der Waals surface area (Å²) in [6.07, 6.45) is 3.11. The summed E-state index contributed by atoms with van der Waals surface area (Å²) in [5, 5.41) is 0. The molecule has 0 spiro atoms. The van der Waals surface area contributed by atoms with Crippen molar-refractivity contribution >= 4 is 8.60 Å². The molecule has 182 valence electrons. The van der Waals surface area contributed by atoms with E-state index in [0.717, 1.165) is 19.3 Å². The van der Waals surface area contributed by atoms with Crippen LogP contribution in [-0.4, -0.2) is 37.6 Å². The summed E-state index contributed by atoms with van der Waals surface area (Å²) < 4.78 is 25.0. The van der Waals surface area contributed by atoms with Crippen LogP contribution in [0.1, 0.15) is 88.5 Å². The minimum absolute atomic E-state index is 0.0213. The Balaban J connectivity index is 3.07. The predicted octanol–water partition coefficient (Wildman–Crippen LogP) is 7.51. The first kappa shape index (κ1) is 28.8. The quantitative estimate of drug-likeness (QED) is 0.154. The molecule has 0 radical (unpaired) electrons. The molecule has 0 amide bonds. The Kier molecular flexibility index (Phi) is 12.5. The molecule has 1 rings (SSSR count). The minimum Gasteiger partial charge on any atom is -0.372 e. The van der Waals surface area contributed by atoms with Gasteiger partial charge < -0.3 is 23.2 Å². The molecule has 0 aromatic heterocycles. The fraction of sp³-hybridized carbons (Fsp3) is 0.960. The van der Waals surface area contributed by atoms with Crippen LogP contribution in [0.25, 0.3) is 4.85 Å². The molecule has 31 heavy (non-hydrogen) atoms. The first-order chi connectivity index (χ1) is 14.5. The Morgan fingerprint density at radius 3 is 2.29 bits per heavy atom. The summed E-state index contributed by atoms with van der Waals surface area (Å²) in [7, 11) is -1.55. The van der Waals surface area contributed by atoms with E-state index in [4.69, 9.17) is 24.9 Å². The van der Waals surface area contributed by atoms with Crippen molar-refractivity contribution in [2.45, 2.75) is 113 Å². The van der Waals surface area contributed by atoms with Crippen LogP contribution in [0.5, 0.6) is 0 Å². The first-order valence-corrected chi connectivity index (χ1v) is 13.4. The standard InChI is InChI=1S/C25H48NO4P/c1-12-18(5)21(8)25(10,20(7)17(3)4)22(9)29-31(27-15-14-26-11)30-24-16-19(6)28-23(24)13-2/h17-24H,12-16H2,1-10H3/t18?,19-,20?,21?,22?,23+,24+,25?,31?/m0/s1. The average molecular weight is 458 g/mol. The SMILES string of the molecule is [C-]#[N+]CCOP(OC(C)C(C)(C(C)C(C)C)C(C)C(C)CC)O[C@@H]1C[C@H](C)O[C@@H]1CC. The van der Waals surface area contributed by atoms with E-state index in [1.165, 1.54) is 0 Å². The summed E-state index contributed by atoms with van der Waals surface area (Å²) in [6.45, 7) is 30.4. The zero-order chi connectivity index (χ0) is 23.8. The molecule has 1 aliphatic heterocycles. The van der Waals surface area contributed by atoms with Crippen LogP contribution in [0.2, 0.25) is 0 Å². The molecule has 6 unspecified atom stereocenters. The highest BCUT2D eigenvalue weighted by molar-refractivity contribution is 7.41. The Bertz CT molecular complexity index is 554. The van der Waals surface area contributed by atoms with E-state index in [1.807, 2.05) is 0 Å². The lowest BCUT2D eigenvalue weighted by Crippen LogP contribution is -2.47. The van der Waals surface area contributed by atoms with Crippen molar-refractivity contribution < 1.29 is 18.3 Å². The van der Waals surface area contributed by atoms with Crippen LogP contribution in [0.3, 0.4) is 0 Å². The minimum atomic E-state index is -1.55. The van der Waals surface area contributed by atoms with Gasteiger partial charge in [-0.25, -0.2) is 6.57 Å². The van der Waals surface area contributed by atoms with Crippen molar-refractivity contribution in [1.29, 1.82) is 0 Å². The van der Waals surface area contributed by atoms with Gasteiger partial charge in [-0.1, -0.05) is 61.8 Å². The van der Waals surface area contributed by atoms with E-state index in [2.05, 4.69) is 74.1 Å². The maximum atomic E-state index is 7.08. The zero-order valence-corrected chi connectivity index (χ0v) is 22.6. The number of hydrogen-bond donors (Lipinski definition) is 0. The van der Waals surface area contributed by atoms with Gasteiger partial charge in [-0.05, 0) is 49.4 Å². The average Bonchev–Trinajstić information content (AvgIpc) is 3.10. The van der Waals surface area contributed by atoms with Crippen molar-refractivity contribution in [1.82, 2.24) is 0 Å². The van der Waals surface area contributed by atoms with E-state index in [1.54, 1.807) is 0 Å². The van der Waals surface area contributed by atoms with Gasteiger partial charge in [-0.3, -0.25) is 0 Å². The molecule has 9 atom stereocenters. The van der Waals surface area contributed by atoms with Crippen LogP contribution < -0.4 is 0 Å². The smallest absolute Gasteiger partial charge is 0.333 e. The molecule has 0 saturated carbocycles.